The van der Waals surface area contributed by atoms with Crippen molar-refractivity contribution in [1.29, 1.82) is 0 Å². The molecule has 1 N–H and O–H groups in total. The maximum atomic E-state index is 13.7. The van der Waals surface area contributed by atoms with E-state index >= 15 is 0 Å². The third kappa shape index (κ3) is 4.80. The fraction of sp³-hybridized carbons (Fsp3) is 0.286. The molecule has 7 nitrogen and oxygen atoms in total. The molecule has 35 heavy (non-hydrogen) atoms. The van der Waals surface area contributed by atoms with Crippen LogP contribution in [-0.2, 0) is 11.3 Å². The molecule has 1 saturated heterocycles. The zero-order valence-corrected chi connectivity index (χ0v) is 20.1. The average Bonchev–Trinajstić information content (AvgIpc) is 2.88. The Hall–Kier alpha value is -4.00. The Morgan fingerprint density at radius 2 is 1.86 bits per heavy atom. The fourth-order valence-corrected chi connectivity index (χ4v) is 4.62. The minimum absolute atomic E-state index is 0.0218. The van der Waals surface area contributed by atoms with Gasteiger partial charge in [0.2, 0.25) is 5.91 Å². The average molecular weight is 468 g/mol. The monoisotopic (exact) mass is 467 g/mol. The van der Waals surface area contributed by atoms with E-state index in [9.17, 15) is 9.59 Å². The number of aryl methyl sites for hydroxylation is 2. The van der Waals surface area contributed by atoms with Gasteiger partial charge in [0.05, 0.1) is 12.5 Å². The lowest BCUT2D eigenvalue weighted by atomic mass is 9.97. The topological polar surface area (TPSA) is 80.1 Å². The summed E-state index contributed by atoms with van der Waals surface area (Å²) in [5, 5.41) is 3.07. The highest BCUT2D eigenvalue weighted by Crippen LogP contribution is 2.24. The number of pyridine rings is 1. The van der Waals surface area contributed by atoms with Gasteiger partial charge in [-0.25, -0.2) is 9.97 Å². The number of benzene rings is 2. The number of para-hydroxylation sites is 1. The van der Waals surface area contributed by atoms with E-state index < -0.39 is 0 Å². The zero-order chi connectivity index (χ0) is 24.4. The van der Waals surface area contributed by atoms with Crippen molar-refractivity contribution in [3.63, 3.8) is 0 Å². The van der Waals surface area contributed by atoms with E-state index in [4.69, 9.17) is 4.98 Å². The molecular formula is C28H29N5O2. The second kappa shape index (κ2) is 9.70. The predicted molar refractivity (Wildman–Crippen MR) is 139 cm³/mol. The van der Waals surface area contributed by atoms with Crippen molar-refractivity contribution in [3.8, 4) is 0 Å². The van der Waals surface area contributed by atoms with Gasteiger partial charge < -0.3 is 10.2 Å². The van der Waals surface area contributed by atoms with Gasteiger partial charge in [-0.05, 0) is 56.0 Å². The summed E-state index contributed by atoms with van der Waals surface area (Å²) in [6, 6.07) is 19.6. The molecule has 0 saturated carbocycles. The zero-order valence-electron chi connectivity index (χ0n) is 20.1. The number of hydrogen-bond donors (Lipinski definition) is 1. The van der Waals surface area contributed by atoms with Crippen molar-refractivity contribution < 1.29 is 4.79 Å². The number of carbonyl (C=O) groups is 1. The molecule has 1 fully saturated rings. The lowest BCUT2D eigenvalue weighted by Crippen LogP contribution is -2.44. The number of anilines is 2. The third-order valence-electron chi connectivity index (χ3n) is 6.64. The largest absolute Gasteiger partial charge is 0.351 e. The first-order valence-electron chi connectivity index (χ1n) is 12.0. The maximum absolute atomic E-state index is 13.7. The Labute approximate surface area is 204 Å². The van der Waals surface area contributed by atoms with E-state index in [-0.39, 0.29) is 17.4 Å². The smallest absolute Gasteiger partial charge is 0.295 e. The van der Waals surface area contributed by atoms with Crippen LogP contribution < -0.4 is 15.8 Å². The van der Waals surface area contributed by atoms with Crippen molar-refractivity contribution in [1.82, 2.24) is 14.5 Å². The van der Waals surface area contributed by atoms with Gasteiger partial charge in [-0.15, -0.1) is 0 Å². The molecular weight excluding hydrogens is 438 g/mol. The second-order valence-corrected chi connectivity index (χ2v) is 9.25. The first kappa shape index (κ1) is 22.8. The Balaban J connectivity index is 1.45. The van der Waals surface area contributed by atoms with Gasteiger partial charge >= 0.3 is 0 Å². The molecule has 0 aliphatic carbocycles. The quantitative estimate of drug-likeness (QED) is 0.473. The molecule has 5 rings (SSSR count). The molecule has 2 aromatic heterocycles. The summed E-state index contributed by atoms with van der Waals surface area (Å²) in [7, 11) is 0. The number of hydrogen-bond acceptors (Lipinski definition) is 5. The van der Waals surface area contributed by atoms with E-state index in [0.29, 0.717) is 36.6 Å². The number of rotatable bonds is 5. The Kier molecular flexibility index (Phi) is 6.31. The Bertz CT molecular complexity index is 1430. The van der Waals surface area contributed by atoms with Crippen LogP contribution in [0, 0.1) is 19.8 Å². The van der Waals surface area contributed by atoms with Gasteiger partial charge in [0.15, 0.2) is 11.5 Å². The summed E-state index contributed by atoms with van der Waals surface area (Å²) in [6.45, 7) is 5.57. The maximum Gasteiger partial charge on any atom is 0.295 e. The summed E-state index contributed by atoms with van der Waals surface area (Å²) in [5.41, 5.74) is 5.09. The lowest BCUT2D eigenvalue weighted by molar-refractivity contribution is -0.120. The van der Waals surface area contributed by atoms with Crippen LogP contribution in [0.1, 0.15) is 29.5 Å². The molecule has 1 amide bonds. The van der Waals surface area contributed by atoms with E-state index in [1.165, 1.54) is 5.56 Å². The molecule has 7 heteroatoms. The summed E-state index contributed by atoms with van der Waals surface area (Å²) in [4.78, 5) is 37.9. The van der Waals surface area contributed by atoms with Crippen LogP contribution in [0.5, 0.6) is 0 Å². The Morgan fingerprint density at radius 1 is 1.06 bits per heavy atom. The third-order valence-corrected chi connectivity index (χ3v) is 6.64. The van der Waals surface area contributed by atoms with Gasteiger partial charge in [-0.3, -0.25) is 14.2 Å². The van der Waals surface area contributed by atoms with Crippen LogP contribution in [-0.4, -0.2) is 33.5 Å². The first-order valence-corrected chi connectivity index (χ1v) is 12.0. The van der Waals surface area contributed by atoms with E-state index in [0.717, 1.165) is 29.7 Å². The highest BCUT2D eigenvalue weighted by atomic mass is 16.2. The standard InChI is InChI=1S/C28H29N5O2/c1-19-11-13-21(14-12-19)17-33-25-24(10-5-15-29-25)30-26(28(33)35)32-16-6-8-22(18-32)27(34)31-23-9-4-3-7-20(23)2/h3-5,7,9-15,22H,6,8,16-18H2,1-2H3,(H,31,34)/t22-/m1/s1. The summed E-state index contributed by atoms with van der Waals surface area (Å²) in [5.74, 6) is 0.136. The van der Waals surface area contributed by atoms with Crippen molar-refractivity contribution in [2.24, 2.45) is 5.92 Å². The van der Waals surface area contributed by atoms with Crippen LogP contribution in [0.2, 0.25) is 0 Å². The van der Waals surface area contributed by atoms with Gasteiger partial charge in [-0.1, -0.05) is 48.0 Å². The summed E-state index contributed by atoms with van der Waals surface area (Å²) < 4.78 is 1.69. The minimum Gasteiger partial charge on any atom is -0.351 e. The van der Waals surface area contributed by atoms with Crippen molar-refractivity contribution in [2.45, 2.75) is 33.2 Å². The highest BCUT2D eigenvalue weighted by molar-refractivity contribution is 5.93. The molecule has 3 heterocycles. The first-order chi connectivity index (χ1) is 17.0. The van der Waals surface area contributed by atoms with Gasteiger partial charge in [0.1, 0.15) is 5.52 Å². The van der Waals surface area contributed by atoms with E-state index in [1.807, 2.05) is 79.4 Å². The number of nitrogens with one attached hydrogen (secondary N) is 1. The van der Waals surface area contributed by atoms with Crippen LogP contribution >= 0.6 is 0 Å². The highest BCUT2D eigenvalue weighted by Gasteiger charge is 2.29. The molecule has 1 atom stereocenters. The van der Waals surface area contributed by atoms with Gasteiger partial charge in [-0.2, -0.15) is 0 Å². The number of piperidine rings is 1. The van der Waals surface area contributed by atoms with Crippen LogP contribution in [0.4, 0.5) is 11.5 Å². The number of carbonyl (C=O) groups excluding carboxylic acids is 1. The lowest BCUT2D eigenvalue weighted by Gasteiger charge is -2.32. The number of amides is 1. The van der Waals surface area contributed by atoms with Gasteiger partial charge in [0.25, 0.3) is 5.56 Å². The summed E-state index contributed by atoms with van der Waals surface area (Å²) in [6.07, 6.45) is 3.28. The molecule has 0 unspecified atom stereocenters. The molecule has 2 aromatic carbocycles. The number of nitrogens with zero attached hydrogens (tertiary/aromatic N) is 4. The van der Waals surface area contributed by atoms with E-state index in [2.05, 4.69) is 10.3 Å². The molecule has 178 valence electrons. The predicted octanol–water partition coefficient (Wildman–Crippen LogP) is 4.31. The number of fused-ring (bicyclic) bond motifs is 1. The Morgan fingerprint density at radius 3 is 2.66 bits per heavy atom. The number of aromatic nitrogens is 3. The molecule has 0 bridgehead atoms. The normalized spacial score (nSPS) is 15.8. The molecule has 1 aliphatic heterocycles. The molecule has 1 aliphatic rings. The minimum atomic E-state index is -0.223. The van der Waals surface area contributed by atoms with Crippen molar-refractivity contribution in [2.75, 3.05) is 23.3 Å². The second-order valence-electron chi connectivity index (χ2n) is 9.25. The molecule has 0 radical (unpaired) electrons. The molecule has 4 aromatic rings. The van der Waals surface area contributed by atoms with Crippen LogP contribution in [0.15, 0.2) is 71.7 Å². The molecule has 0 spiro atoms. The van der Waals surface area contributed by atoms with Crippen LogP contribution in [0.3, 0.4) is 0 Å². The van der Waals surface area contributed by atoms with Crippen LogP contribution in [0.25, 0.3) is 11.2 Å². The van der Waals surface area contributed by atoms with E-state index in [1.54, 1.807) is 10.8 Å². The van der Waals surface area contributed by atoms with Crippen molar-refractivity contribution in [3.05, 3.63) is 93.9 Å². The SMILES string of the molecule is Cc1ccc(Cn2c(=O)c(N3CCC[C@@H](C(=O)Nc4ccccc4C)C3)nc3cccnc32)cc1. The van der Waals surface area contributed by atoms with Gasteiger partial charge in [0, 0.05) is 25.0 Å². The van der Waals surface area contributed by atoms with Crippen molar-refractivity contribution >= 4 is 28.6 Å². The summed E-state index contributed by atoms with van der Waals surface area (Å²) >= 11 is 0. The fourth-order valence-electron chi connectivity index (χ4n) is 4.62.